The summed E-state index contributed by atoms with van der Waals surface area (Å²) in [5.41, 5.74) is 2.50. The summed E-state index contributed by atoms with van der Waals surface area (Å²) in [7, 11) is 1.59. The van der Waals surface area contributed by atoms with E-state index in [1.807, 2.05) is 31.2 Å². The number of rotatable bonds is 4. The summed E-state index contributed by atoms with van der Waals surface area (Å²) < 4.78 is 10.5. The molecule has 0 aliphatic heterocycles. The lowest BCUT2D eigenvalue weighted by Gasteiger charge is -2.02. The summed E-state index contributed by atoms with van der Waals surface area (Å²) in [4.78, 5) is 12.1. The van der Waals surface area contributed by atoms with Crippen LogP contribution < -0.4 is 10.1 Å². The number of hydrogen-bond donors (Lipinski definition) is 1. The highest BCUT2D eigenvalue weighted by Crippen LogP contribution is 2.21. The van der Waals surface area contributed by atoms with Crippen LogP contribution in [0.1, 0.15) is 16.2 Å². The highest BCUT2D eigenvalue weighted by Gasteiger charge is 2.16. The van der Waals surface area contributed by atoms with E-state index in [0.29, 0.717) is 11.3 Å². The van der Waals surface area contributed by atoms with Crippen molar-refractivity contribution < 1.29 is 13.9 Å². The van der Waals surface area contributed by atoms with Crippen LogP contribution in [0.25, 0.3) is 11.5 Å². The third-order valence-corrected chi connectivity index (χ3v) is 3.27. The van der Waals surface area contributed by atoms with E-state index >= 15 is 0 Å². The molecule has 116 valence electrons. The van der Waals surface area contributed by atoms with Gasteiger partial charge in [-0.15, -0.1) is 10.2 Å². The zero-order chi connectivity index (χ0) is 16.2. The summed E-state index contributed by atoms with van der Waals surface area (Å²) >= 11 is 0. The van der Waals surface area contributed by atoms with Gasteiger partial charge in [-0.3, -0.25) is 4.79 Å². The van der Waals surface area contributed by atoms with E-state index in [9.17, 15) is 4.79 Å². The third-order valence-electron chi connectivity index (χ3n) is 3.27. The van der Waals surface area contributed by atoms with Crippen molar-refractivity contribution in [2.24, 2.45) is 0 Å². The van der Waals surface area contributed by atoms with Crippen molar-refractivity contribution in [3.63, 3.8) is 0 Å². The fraction of sp³-hybridized carbons (Fsp3) is 0.118. The van der Waals surface area contributed by atoms with Crippen molar-refractivity contribution in [2.75, 3.05) is 12.4 Å². The minimum Gasteiger partial charge on any atom is -0.497 e. The molecule has 0 atom stereocenters. The minimum absolute atomic E-state index is 0.0867. The van der Waals surface area contributed by atoms with Crippen LogP contribution in [0.15, 0.2) is 52.9 Å². The Morgan fingerprint density at radius 2 is 1.74 bits per heavy atom. The number of aromatic nitrogens is 2. The topological polar surface area (TPSA) is 77.2 Å². The molecule has 6 nitrogen and oxygen atoms in total. The minimum atomic E-state index is -0.443. The normalized spacial score (nSPS) is 10.3. The quantitative estimate of drug-likeness (QED) is 0.800. The second kappa shape index (κ2) is 6.31. The number of nitrogens with one attached hydrogen (secondary N) is 1. The lowest BCUT2D eigenvalue weighted by atomic mass is 10.2. The number of nitrogens with zero attached hydrogens (tertiary/aromatic N) is 2. The second-order valence-corrected chi connectivity index (χ2v) is 4.96. The van der Waals surface area contributed by atoms with Crippen molar-refractivity contribution in [1.82, 2.24) is 10.2 Å². The molecule has 1 heterocycles. The molecule has 1 N–H and O–H groups in total. The maximum Gasteiger partial charge on any atom is 0.313 e. The SMILES string of the molecule is COc1ccc(-c2nnc(C(=O)Nc3ccc(C)cc3)o2)cc1. The second-order valence-electron chi connectivity index (χ2n) is 4.96. The van der Waals surface area contributed by atoms with Gasteiger partial charge in [0.25, 0.3) is 0 Å². The molecule has 1 amide bonds. The van der Waals surface area contributed by atoms with Gasteiger partial charge in [0.1, 0.15) is 5.75 Å². The predicted molar refractivity (Wildman–Crippen MR) is 85.4 cm³/mol. The highest BCUT2D eigenvalue weighted by atomic mass is 16.5. The maximum absolute atomic E-state index is 12.1. The molecule has 23 heavy (non-hydrogen) atoms. The van der Waals surface area contributed by atoms with Crippen LogP contribution >= 0.6 is 0 Å². The van der Waals surface area contributed by atoms with Crippen molar-refractivity contribution in [3.05, 3.63) is 60.0 Å². The summed E-state index contributed by atoms with van der Waals surface area (Å²) in [6, 6.07) is 14.6. The van der Waals surface area contributed by atoms with Crippen molar-refractivity contribution in [3.8, 4) is 17.2 Å². The number of amides is 1. The molecule has 0 saturated carbocycles. The molecule has 0 saturated heterocycles. The summed E-state index contributed by atoms with van der Waals surface area (Å²) in [5.74, 6) is 0.477. The number of anilines is 1. The van der Waals surface area contributed by atoms with Gasteiger partial charge in [-0.2, -0.15) is 0 Å². The molecule has 0 radical (unpaired) electrons. The molecule has 3 rings (SSSR count). The molecule has 0 bridgehead atoms. The van der Waals surface area contributed by atoms with Crippen LogP contribution in [-0.4, -0.2) is 23.2 Å². The molecule has 6 heteroatoms. The Morgan fingerprint density at radius 1 is 1.04 bits per heavy atom. The first-order valence-corrected chi connectivity index (χ1v) is 7.01. The van der Waals surface area contributed by atoms with E-state index in [1.165, 1.54) is 0 Å². The lowest BCUT2D eigenvalue weighted by Crippen LogP contribution is -2.12. The summed E-state index contributed by atoms with van der Waals surface area (Å²) in [6.45, 7) is 1.98. The van der Waals surface area contributed by atoms with E-state index in [2.05, 4.69) is 15.5 Å². The number of aryl methyl sites for hydroxylation is 1. The summed E-state index contributed by atoms with van der Waals surface area (Å²) in [5, 5.41) is 10.4. The van der Waals surface area contributed by atoms with Gasteiger partial charge in [0, 0.05) is 11.3 Å². The Hall–Kier alpha value is -3.15. The van der Waals surface area contributed by atoms with Crippen molar-refractivity contribution >= 4 is 11.6 Å². The average molecular weight is 309 g/mol. The van der Waals surface area contributed by atoms with Crippen LogP contribution in [0.5, 0.6) is 5.75 Å². The Kier molecular flexibility index (Phi) is 4.05. The zero-order valence-corrected chi connectivity index (χ0v) is 12.7. The fourth-order valence-electron chi connectivity index (χ4n) is 1.99. The molecule has 0 unspecified atom stereocenters. The van der Waals surface area contributed by atoms with E-state index in [0.717, 1.165) is 11.3 Å². The van der Waals surface area contributed by atoms with Gasteiger partial charge < -0.3 is 14.5 Å². The molecule has 3 aromatic rings. The van der Waals surface area contributed by atoms with E-state index in [4.69, 9.17) is 9.15 Å². The third kappa shape index (κ3) is 3.37. The Labute approximate surface area is 133 Å². The fourth-order valence-corrected chi connectivity index (χ4v) is 1.99. The van der Waals surface area contributed by atoms with Crippen molar-refractivity contribution in [2.45, 2.75) is 6.92 Å². The van der Waals surface area contributed by atoms with E-state index in [-0.39, 0.29) is 11.8 Å². The van der Waals surface area contributed by atoms with Crippen LogP contribution in [0.3, 0.4) is 0 Å². The van der Waals surface area contributed by atoms with Gasteiger partial charge in [-0.1, -0.05) is 17.7 Å². The molecular formula is C17H15N3O3. The predicted octanol–water partition coefficient (Wildman–Crippen LogP) is 3.31. The van der Waals surface area contributed by atoms with Crippen LogP contribution in [0.4, 0.5) is 5.69 Å². The van der Waals surface area contributed by atoms with Gasteiger partial charge in [0.2, 0.25) is 5.89 Å². The Bertz CT molecular complexity index is 808. The monoisotopic (exact) mass is 309 g/mol. The Balaban J connectivity index is 1.75. The number of hydrogen-bond acceptors (Lipinski definition) is 5. The number of carbonyl (C=O) groups is 1. The van der Waals surface area contributed by atoms with Crippen LogP contribution in [0.2, 0.25) is 0 Å². The van der Waals surface area contributed by atoms with E-state index in [1.54, 1.807) is 31.4 Å². The number of benzene rings is 2. The number of ether oxygens (including phenoxy) is 1. The first-order valence-electron chi connectivity index (χ1n) is 7.01. The maximum atomic E-state index is 12.1. The standard InChI is InChI=1S/C17H15N3O3/c1-11-3-7-13(8-4-11)18-15(21)17-20-19-16(23-17)12-5-9-14(22-2)10-6-12/h3-10H,1-2H3,(H,18,21). The smallest absolute Gasteiger partial charge is 0.313 e. The Morgan fingerprint density at radius 3 is 2.39 bits per heavy atom. The van der Waals surface area contributed by atoms with Gasteiger partial charge >= 0.3 is 11.8 Å². The average Bonchev–Trinajstić information content (AvgIpc) is 3.07. The zero-order valence-electron chi connectivity index (χ0n) is 12.7. The molecule has 0 spiro atoms. The number of carbonyl (C=O) groups excluding carboxylic acids is 1. The molecule has 0 aliphatic carbocycles. The molecule has 0 aliphatic rings. The molecule has 2 aromatic carbocycles. The van der Waals surface area contributed by atoms with Gasteiger partial charge in [0.05, 0.1) is 7.11 Å². The number of methoxy groups -OCH3 is 1. The van der Waals surface area contributed by atoms with Gasteiger partial charge in [-0.25, -0.2) is 0 Å². The summed E-state index contributed by atoms with van der Waals surface area (Å²) in [6.07, 6.45) is 0. The van der Waals surface area contributed by atoms with E-state index < -0.39 is 5.91 Å². The first kappa shape index (κ1) is 14.8. The first-order chi connectivity index (χ1) is 11.2. The lowest BCUT2D eigenvalue weighted by molar-refractivity contribution is 0.0991. The molecular weight excluding hydrogens is 294 g/mol. The van der Waals surface area contributed by atoms with Crippen LogP contribution in [0, 0.1) is 6.92 Å². The molecule has 0 fully saturated rings. The van der Waals surface area contributed by atoms with Gasteiger partial charge in [-0.05, 0) is 43.3 Å². The van der Waals surface area contributed by atoms with Crippen molar-refractivity contribution in [1.29, 1.82) is 0 Å². The van der Waals surface area contributed by atoms with Crippen LogP contribution in [-0.2, 0) is 0 Å². The largest absolute Gasteiger partial charge is 0.497 e. The van der Waals surface area contributed by atoms with Gasteiger partial charge in [0.15, 0.2) is 0 Å². The molecule has 1 aromatic heterocycles. The highest BCUT2D eigenvalue weighted by molar-refractivity contribution is 6.00.